The first-order valence-corrected chi connectivity index (χ1v) is 7.00. The van der Waals surface area contributed by atoms with Crippen LogP contribution in [0.4, 0.5) is 52.4 Å². The minimum atomic E-state index is -6.35. The smallest absolute Gasteiger partial charge is 0.396 e. The van der Waals surface area contributed by atoms with Gasteiger partial charge in [0.05, 0.1) is 5.69 Å². The van der Waals surface area contributed by atoms with Gasteiger partial charge in [0, 0.05) is 7.05 Å². The highest BCUT2D eigenvalue weighted by Gasteiger charge is 2.64. The van der Waals surface area contributed by atoms with Gasteiger partial charge in [-0.2, -0.15) is 40.2 Å². The molecule has 0 saturated carbocycles. The van der Waals surface area contributed by atoms with Crippen molar-refractivity contribution >= 4 is 23.2 Å². The highest BCUT2D eigenvalue weighted by molar-refractivity contribution is 6.03. The van der Waals surface area contributed by atoms with Crippen molar-refractivity contribution in [2.75, 3.05) is 16.8 Å². The molecule has 2 aromatic heterocycles. The number of aryl methyl sites for hydroxylation is 1. The summed E-state index contributed by atoms with van der Waals surface area (Å²) in [4.78, 5) is 15.6. The maximum Gasteiger partial charge on any atom is 0.459 e. The summed E-state index contributed by atoms with van der Waals surface area (Å²) in [6.07, 6.45) is -12.1. The molecular weight excluding hydrogens is 408 g/mol. The fourth-order valence-corrected chi connectivity index (χ4v) is 2.07. The van der Waals surface area contributed by atoms with Crippen molar-refractivity contribution in [3.05, 3.63) is 29.1 Å². The van der Waals surface area contributed by atoms with E-state index in [4.69, 9.17) is 11.5 Å². The Hall–Kier alpha value is -3.13. The van der Waals surface area contributed by atoms with Crippen LogP contribution < -0.4 is 16.8 Å². The van der Waals surface area contributed by atoms with Gasteiger partial charge in [-0.05, 0) is 12.1 Å². The summed E-state index contributed by atoms with van der Waals surface area (Å²) in [6.45, 7) is 0. The molecule has 0 fully saturated rings. The fourth-order valence-electron chi connectivity index (χ4n) is 2.07. The SMILES string of the molecule is Cn1nc(C(F)(F)C(F)(F)F)c(C(F)(F)F)c1NC(=O)c1ccc(N)c(N)n1. The van der Waals surface area contributed by atoms with Crippen LogP contribution in [0.2, 0.25) is 0 Å². The second kappa shape index (κ2) is 6.49. The van der Waals surface area contributed by atoms with Gasteiger partial charge in [-0.1, -0.05) is 0 Å². The zero-order valence-electron chi connectivity index (χ0n) is 13.6. The van der Waals surface area contributed by atoms with E-state index in [0.717, 1.165) is 12.1 Å². The van der Waals surface area contributed by atoms with Gasteiger partial charge in [-0.3, -0.25) is 9.48 Å². The maximum atomic E-state index is 13.5. The molecule has 1 amide bonds. The average molecular weight is 418 g/mol. The van der Waals surface area contributed by atoms with E-state index in [0.29, 0.717) is 7.05 Å². The van der Waals surface area contributed by atoms with Gasteiger partial charge in [0.15, 0.2) is 5.69 Å². The summed E-state index contributed by atoms with van der Waals surface area (Å²) in [5.41, 5.74) is 5.05. The summed E-state index contributed by atoms with van der Waals surface area (Å²) in [5.74, 6) is -9.09. The van der Waals surface area contributed by atoms with Crippen molar-refractivity contribution < 1.29 is 39.9 Å². The van der Waals surface area contributed by atoms with Crippen molar-refractivity contribution in [3.63, 3.8) is 0 Å². The van der Waals surface area contributed by atoms with Crippen molar-refractivity contribution in [1.82, 2.24) is 14.8 Å². The molecule has 5 N–H and O–H groups in total. The zero-order valence-corrected chi connectivity index (χ0v) is 13.6. The summed E-state index contributed by atoms with van der Waals surface area (Å²) in [5, 5.41) is 4.21. The lowest BCUT2D eigenvalue weighted by atomic mass is 10.1. The summed E-state index contributed by atoms with van der Waals surface area (Å²) >= 11 is 0. The molecule has 2 rings (SSSR count). The largest absolute Gasteiger partial charge is 0.459 e. The number of rotatable bonds is 3. The molecule has 0 aromatic carbocycles. The van der Waals surface area contributed by atoms with Gasteiger partial charge < -0.3 is 16.8 Å². The number of nitrogens with one attached hydrogen (secondary N) is 1. The number of carbonyl (C=O) groups excluding carboxylic acids is 1. The predicted molar refractivity (Wildman–Crippen MR) is 79.2 cm³/mol. The van der Waals surface area contributed by atoms with Gasteiger partial charge in [-0.15, -0.1) is 0 Å². The Morgan fingerprint density at radius 1 is 1.07 bits per heavy atom. The van der Waals surface area contributed by atoms with Gasteiger partial charge in [0.1, 0.15) is 22.9 Å². The van der Waals surface area contributed by atoms with E-state index in [1.165, 1.54) is 0 Å². The lowest BCUT2D eigenvalue weighted by molar-refractivity contribution is -0.292. The van der Waals surface area contributed by atoms with E-state index in [1.807, 2.05) is 0 Å². The molecule has 154 valence electrons. The van der Waals surface area contributed by atoms with Crippen LogP contribution in [0.25, 0.3) is 0 Å². The molecule has 0 aliphatic rings. The first-order valence-electron chi connectivity index (χ1n) is 7.00. The highest BCUT2D eigenvalue weighted by atomic mass is 19.4. The Balaban J connectivity index is 2.59. The Morgan fingerprint density at radius 3 is 2.11 bits per heavy atom. The number of amides is 1. The van der Waals surface area contributed by atoms with E-state index in [1.54, 1.807) is 5.32 Å². The van der Waals surface area contributed by atoms with Crippen LogP contribution >= 0.6 is 0 Å². The Morgan fingerprint density at radius 2 is 1.64 bits per heavy atom. The zero-order chi connectivity index (χ0) is 21.7. The standard InChI is InChI=1S/C13H10F8N6O/c1-27-9(25-10(28)5-3-2-4(22)8(23)24-5)6(12(16,17)18)7(26-27)11(14,15)13(19,20)21/h2-3H,22H2,1H3,(H2,23,24)(H,25,28). The lowest BCUT2D eigenvalue weighted by Crippen LogP contribution is -2.36. The number of anilines is 3. The van der Waals surface area contributed by atoms with Crippen LogP contribution in [0.1, 0.15) is 21.7 Å². The molecule has 7 nitrogen and oxygen atoms in total. The Bertz CT molecular complexity index is 917. The number of hydrogen-bond donors (Lipinski definition) is 3. The highest BCUT2D eigenvalue weighted by Crippen LogP contribution is 2.49. The van der Waals surface area contributed by atoms with Gasteiger partial charge in [0.2, 0.25) is 0 Å². The minimum Gasteiger partial charge on any atom is -0.396 e. The number of halogens is 8. The summed E-state index contributed by atoms with van der Waals surface area (Å²) < 4.78 is 105. The molecule has 28 heavy (non-hydrogen) atoms. The average Bonchev–Trinajstić information content (AvgIpc) is 2.86. The monoisotopic (exact) mass is 418 g/mol. The molecule has 15 heteroatoms. The number of pyridine rings is 1. The van der Waals surface area contributed by atoms with Crippen molar-refractivity contribution in [1.29, 1.82) is 0 Å². The van der Waals surface area contributed by atoms with Crippen LogP contribution in [-0.4, -0.2) is 26.8 Å². The fraction of sp³-hybridized carbons (Fsp3) is 0.308. The molecule has 2 heterocycles. The van der Waals surface area contributed by atoms with Crippen LogP contribution in [-0.2, 0) is 19.1 Å². The molecule has 0 radical (unpaired) electrons. The third-order valence-electron chi connectivity index (χ3n) is 3.41. The van der Waals surface area contributed by atoms with Crippen LogP contribution in [0.3, 0.4) is 0 Å². The molecule has 0 saturated heterocycles. The molecular formula is C13H10F8N6O. The summed E-state index contributed by atoms with van der Waals surface area (Å²) in [6, 6.07) is 2.05. The molecule has 2 aromatic rings. The lowest BCUT2D eigenvalue weighted by Gasteiger charge is -2.19. The molecule has 0 unspecified atom stereocenters. The van der Waals surface area contributed by atoms with E-state index < -0.39 is 47.0 Å². The number of alkyl halides is 8. The van der Waals surface area contributed by atoms with Crippen molar-refractivity contribution in [2.45, 2.75) is 18.3 Å². The first-order chi connectivity index (χ1) is 12.6. The topological polar surface area (TPSA) is 112 Å². The van der Waals surface area contributed by atoms with Gasteiger partial charge in [-0.25, -0.2) is 4.98 Å². The molecule has 0 aliphatic carbocycles. The third kappa shape index (κ3) is 3.63. The quantitative estimate of drug-likeness (QED) is 0.664. The number of aromatic nitrogens is 3. The molecule has 0 atom stereocenters. The molecule has 0 bridgehead atoms. The van der Waals surface area contributed by atoms with Crippen molar-refractivity contribution in [2.24, 2.45) is 7.05 Å². The Labute approximate surface area is 150 Å². The second-order valence-corrected chi connectivity index (χ2v) is 5.39. The number of hydrogen-bond acceptors (Lipinski definition) is 5. The molecule has 0 aliphatic heterocycles. The number of nitrogens with zero attached hydrogens (tertiary/aromatic N) is 3. The van der Waals surface area contributed by atoms with E-state index >= 15 is 0 Å². The summed E-state index contributed by atoms with van der Waals surface area (Å²) in [7, 11) is 0.644. The van der Waals surface area contributed by atoms with E-state index in [9.17, 15) is 39.9 Å². The Kier molecular flexibility index (Phi) is 4.91. The number of nitrogen functional groups attached to an aromatic ring is 2. The predicted octanol–water partition coefficient (Wildman–Crippen LogP) is 2.90. The first kappa shape index (κ1) is 21.2. The van der Waals surface area contributed by atoms with Gasteiger partial charge in [0.25, 0.3) is 5.91 Å². The minimum absolute atomic E-state index is 0.0381. The van der Waals surface area contributed by atoms with Crippen LogP contribution in [0.15, 0.2) is 12.1 Å². The normalized spacial score (nSPS) is 12.9. The van der Waals surface area contributed by atoms with Crippen LogP contribution in [0.5, 0.6) is 0 Å². The van der Waals surface area contributed by atoms with Crippen LogP contribution in [0, 0.1) is 0 Å². The molecule has 0 spiro atoms. The third-order valence-corrected chi connectivity index (χ3v) is 3.41. The number of nitrogens with two attached hydrogens (primary N) is 2. The van der Waals surface area contributed by atoms with E-state index in [2.05, 4.69) is 10.1 Å². The van der Waals surface area contributed by atoms with Gasteiger partial charge >= 0.3 is 18.3 Å². The van der Waals surface area contributed by atoms with E-state index in [-0.39, 0.29) is 16.2 Å². The second-order valence-electron chi connectivity index (χ2n) is 5.39. The van der Waals surface area contributed by atoms with Crippen molar-refractivity contribution in [3.8, 4) is 0 Å². The number of carbonyl (C=O) groups is 1. The maximum absolute atomic E-state index is 13.5.